The van der Waals surface area contributed by atoms with Crippen molar-refractivity contribution in [3.8, 4) is 5.75 Å². The van der Waals surface area contributed by atoms with Crippen molar-refractivity contribution in [2.45, 2.75) is 23.9 Å². The molecule has 0 bridgehead atoms. The Hall–Kier alpha value is -4.18. The van der Waals surface area contributed by atoms with Crippen LogP contribution in [0.5, 0.6) is 5.75 Å². The zero-order valence-corrected chi connectivity index (χ0v) is 20.4. The molecular weight excluding hydrogens is 479 g/mol. The van der Waals surface area contributed by atoms with Gasteiger partial charge in [-0.1, -0.05) is 42.1 Å². The van der Waals surface area contributed by atoms with E-state index in [-0.39, 0.29) is 11.7 Å². The first kappa shape index (κ1) is 23.6. The van der Waals surface area contributed by atoms with Gasteiger partial charge < -0.3 is 15.4 Å². The minimum atomic E-state index is -0.566. The summed E-state index contributed by atoms with van der Waals surface area (Å²) in [5, 5.41) is 11.3. The molecule has 5 rings (SSSR count). The summed E-state index contributed by atoms with van der Waals surface area (Å²) in [4.78, 5) is 22.2. The van der Waals surface area contributed by atoms with Gasteiger partial charge in [-0.15, -0.1) is 5.10 Å². The van der Waals surface area contributed by atoms with Gasteiger partial charge in [0.2, 0.25) is 11.1 Å². The molecule has 1 amide bonds. The number of aromatic nitrogens is 4. The standard InChI is InChI=1S/C26H23FN6O2S/c1-16-22(24(34)30-19-9-6-12-28-14-19)23(17-8-5-10-20(13-17)35-2)33-25(29-16)31-26(32-33)36-15-18-7-3-4-11-21(18)27/h3-14,23H,15H2,1-2H3,(H,30,34)(H,29,31,32)/t23-/m0/s1. The first-order chi connectivity index (χ1) is 17.5. The van der Waals surface area contributed by atoms with E-state index in [1.54, 1.807) is 54.5 Å². The minimum absolute atomic E-state index is 0.270. The number of methoxy groups -OCH3 is 1. The van der Waals surface area contributed by atoms with Crippen LogP contribution in [0.1, 0.15) is 24.1 Å². The number of rotatable bonds is 7. The van der Waals surface area contributed by atoms with Crippen LogP contribution in [0, 0.1) is 5.82 Å². The van der Waals surface area contributed by atoms with Gasteiger partial charge in [0.05, 0.1) is 24.6 Å². The fraction of sp³-hybridized carbons (Fsp3) is 0.154. The molecule has 182 valence electrons. The number of hydrogen-bond acceptors (Lipinski definition) is 7. The van der Waals surface area contributed by atoms with Gasteiger partial charge in [-0.2, -0.15) is 4.98 Å². The number of ether oxygens (including phenoxy) is 1. The Kier molecular flexibility index (Phi) is 6.68. The fourth-order valence-electron chi connectivity index (χ4n) is 4.00. The number of thioether (sulfide) groups is 1. The SMILES string of the molecule is COc1cccc([C@H]2C(C(=O)Nc3cccnc3)=C(C)Nc3nc(SCc4ccccc4F)nn32)c1. The molecule has 2 aromatic heterocycles. The van der Waals surface area contributed by atoms with Crippen LogP contribution in [0.15, 0.2) is 89.5 Å². The molecule has 4 aromatic rings. The van der Waals surface area contributed by atoms with Gasteiger partial charge in [0.15, 0.2) is 0 Å². The molecule has 10 heteroatoms. The van der Waals surface area contributed by atoms with Gasteiger partial charge in [0, 0.05) is 17.6 Å². The Balaban J connectivity index is 1.51. The largest absolute Gasteiger partial charge is 0.497 e. The lowest BCUT2D eigenvalue weighted by molar-refractivity contribution is -0.113. The van der Waals surface area contributed by atoms with E-state index in [2.05, 4.69) is 20.6 Å². The third-order valence-corrected chi connectivity index (χ3v) is 6.61. The van der Waals surface area contributed by atoms with Crippen LogP contribution in [0.2, 0.25) is 0 Å². The average Bonchev–Trinajstić information content (AvgIpc) is 3.30. The lowest BCUT2D eigenvalue weighted by Crippen LogP contribution is -2.31. The Morgan fingerprint density at radius 1 is 1.19 bits per heavy atom. The number of carbonyl (C=O) groups excluding carboxylic acids is 1. The molecule has 3 heterocycles. The van der Waals surface area contributed by atoms with Crippen LogP contribution in [0.3, 0.4) is 0 Å². The molecule has 1 atom stereocenters. The first-order valence-electron chi connectivity index (χ1n) is 11.2. The second kappa shape index (κ2) is 10.2. The minimum Gasteiger partial charge on any atom is -0.497 e. The molecule has 0 saturated carbocycles. The Bertz CT molecular complexity index is 1440. The number of fused-ring (bicyclic) bond motifs is 1. The molecule has 0 radical (unpaired) electrons. The Morgan fingerprint density at radius 2 is 2.06 bits per heavy atom. The maximum Gasteiger partial charge on any atom is 0.255 e. The molecule has 2 N–H and O–H groups in total. The lowest BCUT2D eigenvalue weighted by atomic mass is 9.95. The molecule has 0 spiro atoms. The summed E-state index contributed by atoms with van der Waals surface area (Å²) in [7, 11) is 1.59. The lowest BCUT2D eigenvalue weighted by Gasteiger charge is -2.28. The third-order valence-electron chi connectivity index (χ3n) is 5.72. The summed E-state index contributed by atoms with van der Waals surface area (Å²) in [6, 6.07) is 17.1. The third kappa shape index (κ3) is 4.80. The number of halogens is 1. The van der Waals surface area contributed by atoms with Crippen molar-refractivity contribution >= 4 is 29.3 Å². The summed E-state index contributed by atoms with van der Waals surface area (Å²) in [5.74, 6) is 0.970. The van der Waals surface area contributed by atoms with Crippen LogP contribution in [-0.2, 0) is 10.5 Å². The maximum absolute atomic E-state index is 14.1. The highest BCUT2D eigenvalue weighted by atomic mass is 32.2. The van der Waals surface area contributed by atoms with Gasteiger partial charge in [0.1, 0.15) is 17.6 Å². The summed E-state index contributed by atoms with van der Waals surface area (Å²) < 4.78 is 21.2. The second-order valence-electron chi connectivity index (χ2n) is 8.08. The number of carbonyl (C=O) groups is 1. The van der Waals surface area contributed by atoms with Crippen LogP contribution >= 0.6 is 11.8 Å². The zero-order valence-electron chi connectivity index (χ0n) is 19.6. The fourth-order valence-corrected chi connectivity index (χ4v) is 4.81. The molecule has 1 aliphatic rings. The van der Waals surface area contributed by atoms with E-state index >= 15 is 0 Å². The normalized spacial score (nSPS) is 14.7. The van der Waals surface area contributed by atoms with E-state index in [4.69, 9.17) is 9.84 Å². The molecular formula is C26H23FN6O2S. The van der Waals surface area contributed by atoms with E-state index in [9.17, 15) is 9.18 Å². The number of allylic oxidation sites excluding steroid dienone is 1. The van der Waals surface area contributed by atoms with Crippen LogP contribution in [0.25, 0.3) is 0 Å². The van der Waals surface area contributed by atoms with Crippen molar-refractivity contribution in [2.75, 3.05) is 17.7 Å². The quantitative estimate of drug-likeness (QED) is 0.342. The second-order valence-corrected chi connectivity index (χ2v) is 9.02. The van der Waals surface area contributed by atoms with Crippen molar-refractivity contribution < 1.29 is 13.9 Å². The van der Waals surface area contributed by atoms with Crippen molar-refractivity contribution in [3.63, 3.8) is 0 Å². The summed E-state index contributed by atoms with van der Waals surface area (Å²) in [5.41, 5.74) is 3.09. The predicted molar refractivity (Wildman–Crippen MR) is 136 cm³/mol. The zero-order chi connectivity index (χ0) is 25.1. The monoisotopic (exact) mass is 502 g/mol. The highest BCUT2D eigenvalue weighted by Gasteiger charge is 2.34. The van der Waals surface area contributed by atoms with Gasteiger partial charge in [-0.05, 0) is 48.4 Å². The first-order valence-corrected chi connectivity index (χ1v) is 12.2. The number of benzene rings is 2. The summed E-state index contributed by atoms with van der Waals surface area (Å²) >= 11 is 1.32. The van der Waals surface area contributed by atoms with Gasteiger partial charge >= 0.3 is 0 Å². The molecule has 0 unspecified atom stereocenters. The van der Waals surface area contributed by atoms with Crippen molar-refractivity contribution in [1.82, 2.24) is 19.7 Å². The molecule has 1 aliphatic heterocycles. The summed E-state index contributed by atoms with van der Waals surface area (Å²) in [6.07, 6.45) is 3.23. The molecule has 8 nitrogen and oxygen atoms in total. The molecule has 2 aromatic carbocycles. The number of hydrogen-bond donors (Lipinski definition) is 2. The average molecular weight is 503 g/mol. The van der Waals surface area contributed by atoms with E-state index in [0.717, 1.165) is 5.56 Å². The van der Waals surface area contributed by atoms with Gasteiger partial charge in [-0.3, -0.25) is 9.78 Å². The number of amides is 1. The van der Waals surface area contributed by atoms with E-state index in [1.165, 1.54) is 17.8 Å². The van der Waals surface area contributed by atoms with Gasteiger partial charge in [-0.25, -0.2) is 9.07 Å². The molecule has 0 saturated heterocycles. The number of pyridine rings is 1. The molecule has 0 aliphatic carbocycles. The Labute approximate surface area is 211 Å². The smallest absolute Gasteiger partial charge is 0.255 e. The number of anilines is 2. The molecule has 0 fully saturated rings. The van der Waals surface area contributed by atoms with Crippen molar-refractivity contribution in [1.29, 1.82) is 0 Å². The van der Waals surface area contributed by atoms with E-state index < -0.39 is 6.04 Å². The molecule has 36 heavy (non-hydrogen) atoms. The van der Waals surface area contributed by atoms with Crippen molar-refractivity contribution in [3.05, 3.63) is 101 Å². The summed E-state index contributed by atoms with van der Waals surface area (Å²) in [6.45, 7) is 1.83. The highest BCUT2D eigenvalue weighted by Crippen LogP contribution is 2.38. The topological polar surface area (TPSA) is 94.0 Å². The highest BCUT2D eigenvalue weighted by molar-refractivity contribution is 7.98. The van der Waals surface area contributed by atoms with Crippen molar-refractivity contribution in [2.24, 2.45) is 0 Å². The van der Waals surface area contributed by atoms with Gasteiger partial charge in [0.25, 0.3) is 5.91 Å². The van der Waals surface area contributed by atoms with Crippen LogP contribution in [-0.4, -0.2) is 32.8 Å². The maximum atomic E-state index is 14.1. The Morgan fingerprint density at radius 3 is 2.83 bits per heavy atom. The van der Waals surface area contributed by atoms with Crippen LogP contribution in [0.4, 0.5) is 16.0 Å². The number of nitrogens with zero attached hydrogens (tertiary/aromatic N) is 4. The van der Waals surface area contributed by atoms with E-state index in [1.807, 2.05) is 31.2 Å². The van der Waals surface area contributed by atoms with E-state index in [0.29, 0.717) is 45.1 Å². The van der Waals surface area contributed by atoms with Crippen LogP contribution < -0.4 is 15.4 Å². The number of nitrogens with one attached hydrogen (secondary N) is 2. The predicted octanol–water partition coefficient (Wildman–Crippen LogP) is 5.04.